The summed E-state index contributed by atoms with van der Waals surface area (Å²) in [6.45, 7) is -0.134. The van der Waals surface area contributed by atoms with Crippen molar-refractivity contribution in [1.82, 2.24) is 0 Å². The second-order valence-corrected chi connectivity index (χ2v) is 5.86. The molecule has 0 N–H and O–H groups in total. The second kappa shape index (κ2) is 8.89. The third-order valence-corrected chi connectivity index (χ3v) is 4.03. The molecule has 7 heteroatoms. The van der Waals surface area contributed by atoms with Crippen LogP contribution < -0.4 is 0 Å². The van der Waals surface area contributed by atoms with Crippen LogP contribution in [0.3, 0.4) is 0 Å². The van der Waals surface area contributed by atoms with E-state index >= 15 is 0 Å². The Bertz CT molecular complexity index is 832. The normalized spacial score (nSPS) is 21.1. The zero-order valence-electron chi connectivity index (χ0n) is 14.3. The number of benzene rings is 2. The van der Waals surface area contributed by atoms with Crippen LogP contribution in [0.2, 0.25) is 0 Å². The molecule has 1 fully saturated rings. The second-order valence-electron chi connectivity index (χ2n) is 5.86. The maximum absolute atomic E-state index is 12.3. The number of hydrogen-bond acceptors (Lipinski definition) is 7. The van der Waals surface area contributed by atoms with E-state index in [9.17, 15) is 14.4 Å². The van der Waals surface area contributed by atoms with Crippen molar-refractivity contribution in [3.8, 4) is 0 Å². The van der Waals surface area contributed by atoms with Gasteiger partial charge in [-0.1, -0.05) is 36.4 Å². The van der Waals surface area contributed by atoms with E-state index in [2.05, 4.69) is 4.99 Å². The summed E-state index contributed by atoms with van der Waals surface area (Å²) in [5.74, 6) is -1.05. The van der Waals surface area contributed by atoms with Crippen molar-refractivity contribution in [3.05, 3.63) is 71.8 Å². The highest BCUT2D eigenvalue weighted by Gasteiger charge is 2.39. The molecule has 0 aromatic heterocycles. The number of esters is 2. The first-order chi connectivity index (χ1) is 13.2. The highest BCUT2D eigenvalue weighted by atomic mass is 16.6. The molecule has 0 amide bonds. The van der Waals surface area contributed by atoms with Crippen LogP contribution in [-0.4, -0.2) is 43.1 Å². The molecule has 27 heavy (non-hydrogen) atoms. The number of carbonyl (C=O) groups is 2. The van der Waals surface area contributed by atoms with Crippen LogP contribution in [0, 0.1) is 0 Å². The molecule has 3 rings (SSSR count). The van der Waals surface area contributed by atoms with E-state index in [0.29, 0.717) is 11.1 Å². The lowest BCUT2D eigenvalue weighted by Crippen LogP contribution is -2.32. The average molecular weight is 367 g/mol. The highest BCUT2D eigenvalue weighted by molar-refractivity contribution is 5.90. The molecule has 0 aliphatic carbocycles. The van der Waals surface area contributed by atoms with Gasteiger partial charge in [0.2, 0.25) is 6.08 Å². The molecule has 1 aliphatic rings. The molecule has 1 unspecified atom stereocenters. The number of carbonyl (C=O) groups excluding carboxylic acids is 3. The van der Waals surface area contributed by atoms with Crippen molar-refractivity contribution >= 4 is 18.0 Å². The highest BCUT2D eigenvalue weighted by Crippen LogP contribution is 2.25. The summed E-state index contributed by atoms with van der Waals surface area (Å²) in [7, 11) is 0. The van der Waals surface area contributed by atoms with Gasteiger partial charge in [-0.3, -0.25) is 0 Å². The largest absolute Gasteiger partial charge is 0.459 e. The van der Waals surface area contributed by atoms with Crippen LogP contribution in [-0.2, 0) is 19.0 Å². The van der Waals surface area contributed by atoms with Crippen molar-refractivity contribution in [2.24, 2.45) is 4.99 Å². The molecular weight excluding hydrogens is 350 g/mol. The average Bonchev–Trinajstić information content (AvgIpc) is 3.09. The maximum atomic E-state index is 12.3. The standard InChI is InChI=1S/C20H17NO6/c22-13-21-18-11-16(27-20(24)15-9-5-2-6-10-15)17(26-18)12-25-19(23)14-7-3-1-4-8-14/h1-10,16-18H,11-12H2/t16-,17-,18?/m1/s1. The minimum absolute atomic E-state index is 0.134. The van der Waals surface area contributed by atoms with Gasteiger partial charge >= 0.3 is 11.9 Å². The smallest absolute Gasteiger partial charge is 0.338 e. The SMILES string of the molecule is O=C=NC1C[C@@H](OC(=O)c2ccccc2)[C@@H](COC(=O)c2ccccc2)O1. The van der Waals surface area contributed by atoms with Crippen LogP contribution in [0.5, 0.6) is 0 Å². The Morgan fingerprint density at radius 2 is 1.59 bits per heavy atom. The summed E-state index contributed by atoms with van der Waals surface area (Å²) in [5.41, 5.74) is 0.788. The fourth-order valence-electron chi connectivity index (χ4n) is 2.70. The van der Waals surface area contributed by atoms with Gasteiger partial charge in [-0.25, -0.2) is 14.4 Å². The quantitative estimate of drug-likeness (QED) is 0.443. The number of rotatable bonds is 6. The Morgan fingerprint density at radius 3 is 2.19 bits per heavy atom. The van der Waals surface area contributed by atoms with Crippen LogP contribution in [0.1, 0.15) is 27.1 Å². The molecule has 7 nitrogen and oxygen atoms in total. The number of hydrogen-bond donors (Lipinski definition) is 0. The summed E-state index contributed by atoms with van der Waals surface area (Å²) >= 11 is 0. The minimum atomic E-state index is -0.795. The van der Waals surface area contributed by atoms with Gasteiger partial charge in [0.25, 0.3) is 0 Å². The van der Waals surface area contributed by atoms with E-state index in [1.165, 1.54) is 6.08 Å². The van der Waals surface area contributed by atoms with Crippen molar-refractivity contribution in [2.75, 3.05) is 6.61 Å². The molecule has 0 spiro atoms. The fraction of sp³-hybridized carbons (Fsp3) is 0.250. The predicted octanol–water partition coefficient (Wildman–Crippen LogP) is 2.52. The van der Waals surface area contributed by atoms with Crippen molar-refractivity contribution < 1.29 is 28.6 Å². The van der Waals surface area contributed by atoms with Crippen LogP contribution in [0.4, 0.5) is 0 Å². The summed E-state index contributed by atoms with van der Waals surface area (Å²) < 4.78 is 16.3. The van der Waals surface area contributed by atoms with E-state index in [0.717, 1.165) is 0 Å². The number of aliphatic imine (C=N–C) groups is 1. The van der Waals surface area contributed by atoms with Gasteiger partial charge in [-0.2, -0.15) is 4.99 Å². The Kier molecular flexibility index (Phi) is 6.10. The molecule has 3 atom stereocenters. The number of nitrogens with zero attached hydrogens (tertiary/aromatic N) is 1. The molecule has 1 aliphatic heterocycles. The van der Waals surface area contributed by atoms with Gasteiger partial charge < -0.3 is 14.2 Å². The zero-order valence-corrected chi connectivity index (χ0v) is 14.3. The Balaban J connectivity index is 1.64. The van der Waals surface area contributed by atoms with Crippen molar-refractivity contribution in [2.45, 2.75) is 24.9 Å². The third kappa shape index (κ3) is 4.88. The van der Waals surface area contributed by atoms with Gasteiger partial charge in [-0.15, -0.1) is 0 Å². The van der Waals surface area contributed by atoms with E-state index < -0.39 is 30.4 Å². The predicted molar refractivity (Wildman–Crippen MR) is 93.8 cm³/mol. The molecule has 0 saturated carbocycles. The molecule has 2 aromatic carbocycles. The van der Waals surface area contributed by atoms with Crippen LogP contribution in [0.15, 0.2) is 65.7 Å². The summed E-state index contributed by atoms with van der Waals surface area (Å²) in [5, 5.41) is 0. The van der Waals surface area contributed by atoms with Crippen molar-refractivity contribution in [1.29, 1.82) is 0 Å². The summed E-state index contributed by atoms with van der Waals surface area (Å²) in [6, 6.07) is 17.0. The molecule has 2 aromatic rings. The number of isocyanates is 1. The minimum Gasteiger partial charge on any atom is -0.459 e. The lowest BCUT2D eigenvalue weighted by Gasteiger charge is -2.18. The molecule has 1 saturated heterocycles. The summed E-state index contributed by atoms with van der Waals surface area (Å²) in [4.78, 5) is 38.4. The van der Waals surface area contributed by atoms with Crippen molar-refractivity contribution in [3.63, 3.8) is 0 Å². The van der Waals surface area contributed by atoms with Gasteiger partial charge in [0, 0.05) is 6.42 Å². The monoisotopic (exact) mass is 367 g/mol. The van der Waals surface area contributed by atoms with E-state index in [1.807, 2.05) is 0 Å². The zero-order chi connectivity index (χ0) is 19.1. The molecule has 1 heterocycles. The van der Waals surface area contributed by atoms with Crippen LogP contribution >= 0.6 is 0 Å². The Hall–Kier alpha value is -3.28. The molecule has 138 valence electrons. The van der Waals surface area contributed by atoms with E-state index in [4.69, 9.17) is 14.2 Å². The Morgan fingerprint density at radius 1 is 1.00 bits per heavy atom. The molecular formula is C20H17NO6. The van der Waals surface area contributed by atoms with Gasteiger partial charge in [0.15, 0.2) is 6.23 Å². The summed E-state index contributed by atoms with van der Waals surface area (Å²) in [6.07, 6.45) is -0.619. The lowest BCUT2D eigenvalue weighted by atomic mass is 10.1. The first-order valence-electron chi connectivity index (χ1n) is 8.38. The maximum Gasteiger partial charge on any atom is 0.338 e. The first-order valence-corrected chi connectivity index (χ1v) is 8.38. The van der Waals surface area contributed by atoms with E-state index in [-0.39, 0.29) is 13.0 Å². The topological polar surface area (TPSA) is 91.3 Å². The van der Waals surface area contributed by atoms with Gasteiger partial charge in [-0.05, 0) is 24.3 Å². The lowest BCUT2D eigenvalue weighted by molar-refractivity contribution is -0.0407. The molecule has 0 bridgehead atoms. The van der Waals surface area contributed by atoms with Gasteiger partial charge in [0.05, 0.1) is 11.1 Å². The number of ether oxygens (including phenoxy) is 3. The van der Waals surface area contributed by atoms with Gasteiger partial charge in [0.1, 0.15) is 18.8 Å². The fourth-order valence-corrected chi connectivity index (χ4v) is 2.70. The molecule has 0 radical (unpaired) electrons. The van der Waals surface area contributed by atoms with Crippen LogP contribution in [0.25, 0.3) is 0 Å². The third-order valence-electron chi connectivity index (χ3n) is 4.03. The first kappa shape index (κ1) is 18.5. The van der Waals surface area contributed by atoms with E-state index in [1.54, 1.807) is 60.7 Å². The Labute approximate surface area is 155 Å².